The van der Waals surface area contributed by atoms with Gasteiger partial charge in [0.2, 0.25) is 11.7 Å². The zero-order valence-electron chi connectivity index (χ0n) is 14.2. The van der Waals surface area contributed by atoms with E-state index in [9.17, 15) is 4.79 Å². The number of nitriles is 1. The van der Waals surface area contributed by atoms with Crippen LogP contribution >= 0.6 is 15.9 Å². The minimum absolute atomic E-state index is 0.0235. The summed E-state index contributed by atoms with van der Waals surface area (Å²) in [6.45, 7) is 1.73. The van der Waals surface area contributed by atoms with Gasteiger partial charge in [0, 0.05) is 36.6 Å². The van der Waals surface area contributed by atoms with Crippen LogP contribution in [0, 0.1) is 17.2 Å². The topological polar surface area (TPSA) is 108 Å². The largest absolute Gasteiger partial charge is 0.444 e. The number of hydrogen-bond donors (Lipinski definition) is 2. The lowest BCUT2D eigenvalue weighted by atomic mass is 9.89. The van der Waals surface area contributed by atoms with Gasteiger partial charge in [-0.2, -0.15) is 5.26 Å². The number of nitrogens with two attached hydrogens (primary N) is 1. The Bertz CT molecular complexity index is 890. The quantitative estimate of drug-likeness (QED) is 0.699. The van der Waals surface area contributed by atoms with Crippen LogP contribution in [0.1, 0.15) is 31.4 Å². The van der Waals surface area contributed by atoms with Crippen LogP contribution in [-0.4, -0.2) is 41.0 Å². The summed E-state index contributed by atoms with van der Waals surface area (Å²) in [6, 6.07) is 4.54. The molecule has 3 N–H and O–H groups in total. The Labute approximate surface area is 159 Å². The van der Waals surface area contributed by atoms with E-state index in [0.29, 0.717) is 17.7 Å². The highest BCUT2D eigenvalue weighted by Crippen LogP contribution is 2.41. The molecular weight excluding hydrogens is 398 g/mol. The third-order valence-electron chi connectivity index (χ3n) is 5.56. The maximum absolute atomic E-state index is 11.6. The minimum Gasteiger partial charge on any atom is -0.444 e. The number of hydrogen-bond acceptors (Lipinski definition) is 6. The molecule has 2 bridgehead atoms. The molecule has 2 aliphatic rings. The van der Waals surface area contributed by atoms with Crippen molar-refractivity contribution in [1.29, 1.82) is 5.26 Å². The van der Waals surface area contributed by atoms with E-state index < -0.39 is 0 Å². The van der Waals surface area contributed by atoms with Crippen LogP contribution in [0.4, 0.5) is 5.82 Å². The van der Waals surface area contributed by atoms with Crippen LogP contribution in [0.5, 0.6) is 0 Å². The van der Waals surface area contributed by atoms with Crippen molar-refractivity contribution < 1.29 is 9.21 Å². The van der Waals surface area contributed by atoms with E-state index in [4.69, 9.17) is 15.4 Å². The smallest absolute Gasteiger partial charge is 0.222 e. The molecule has 8 heteroatoms. The number of nitrogens with zero attached hydrogens (tertiary/aromatic N) is 3. The number of amides is 1. The van der Waals surface area contributed by atoms with Crippen molar-refractivity contribution in [1.82, 2.24) is 9.88 Å². The Morgan fingerprint density at radius 3 is 3.12 bits per heavy atom. The molecule has 2 saturated heterocycles. The van der Waals surface area contributed by atoms with Gasteiger partial charge in [0.25, 0.3) is 0 Å². The predicted octanol–water partition coefficient (Wildman–Crippen LogP) is 2.60. The SMILES string of the molecule is N#Cc1cc2c(Br)c(NCCCN3C4CCC3C(C(N)=O)C4)ncc2o1. The lowest BCUT2D eigenvalue weighted by Crippen LogP contribution is -2.36. The zero-order valence-corrected chi connectivity index (χ0v) is 15.8. The number of carbonyl (C=O) groups is 1. The van der Waals surface area contributed by atoms with Gasteiger partial charge in [0.1, 0.15) is 11.9 Å². The first-order chi connectivity index (χ1) is 12.6. The fourth-order valence-corrected chi connectivity index (χ4v) is 4.93. The summed E-state index contributed by atoms with van der Waals surface area (Å²) in [5, 5.41) is 13.1. The Hall–Kier alpha value is -2.11. The van der Waals surface area contributed by atoms with Gasteiger partial charge in [-0.3, -0.25) is 9.69 Å². The molecule has 136 valence electrons. The van der Waals surface area contributed by atoms with Crippen molar-refractivity contribution >= 4 is 38.6 Å². The Kier molecular flexibility index (Phi) is 4.59. The molecule has 26 heavy (non-hydrogen) atoms. The van der Waals surface area contributed by atoms with Crippen molar-refractivity contribution in [2.24, 2.45) is 11.7 Å². The summed E-state index contributed by atoms with van der Waals surface area (Å²) in [7, 11) is 0. The van der Waals surface area contributed by atoms with Crippen LogP contribution in [0.15, 0.2) is 21.2 Å². The van der Waals surface area contributed by atoms with Crippen LogP contribution in [0.25, 0.3) is 11.0 Å². The Morgan fingerprint density at radius 1 is 1.54 bits per heavy atom. The minimum atomic E-state index is -0.154. The van der Waals surface area contributed by atoms with E-state index in [-0.39, 0.29) is 17.6 Å². The summed E-state index contributed by atoms with van der Waals surface area (Å²) in [6.07, 6.45) is 5.75. The number of primary amides is 1. The highest BCUT2D eigenvalue weighted by molar-refractivity contribution is 9.10. The zero-order chi connectivity index (χ0) is 18.3. The average Bonchev–Trinajstić information content (AvgIpc) is 3.32. The summed E-state index contributed by atoms with van der Waals surface area (Å²) in [5.41, 5.74) is 6.12. The lowest BCUT2D eigenvalue weighted by molar-refractivity contribution is -0.122. The predicted molar refractivity (Wildman–Crippen MR) is 100 cm³/mol. The molecule has 7 nitrogen and oxygen atoms in total. The molecule has 4 heterocycles. The molecule has 3 unspecified atom stereocenters. The van der Waals surface area contributed by atoms with Crippen molar-refractivity contribution in [2.75, 3.05) is 18.4 Å². The van der Waals surface area contributed by atoms with E-state index in [1.165, 1.54) is 6.42 Å². The number of halogens is 1. The number of pyridine rings is 1. The number of anilines is 1. The molecule has 3 atom stereocenters. The van der Waals surface area contributed by atoms with Crippen LogP contribution in [-0.2, 0) is 4.79 Å². The lowest BCUT2D eigenvalue weighted by Gasteiger charge is -2.23. The second kappa shape index (κ2) is 6.89. The highest BCUT2D eigenvalue weighted by atomic mass is 79.9. The first-order valence-electron chi connectivity index (χ1n) is 8.85. The number of carbonyl (C=O) groups excluding carboxylic acids is 1. The molecule has 2 aliphatic heterocycles. The molecule has 0 aromatic carbocycles. The van der Waals surface area contributed by atoms with Gasteiger partial charge in [-0.25, -0.2) is 4.98 Å². The van der Waals surface area contributed by atoms with E-state index >= 15 is 0 Å². The van der Waals surface area contributed by atoms with E-state index in [1.54, 1.807) is 12.3 Å². The molecule has 0 spiro atoms. The van der Waals surface area contributed by atoms with Crippen molar-refractivity contribution in [2.45, 2.75) is 37.8 Å². The molecule has 2 aromatic rings. The van der Waals surface area contributed by atoms with Crippen molar-refractivity contribution in [3.05, 3.63) is 22.5 Å². The average molecular weight is 418 g/mol. The summed E-state index contributed by atoms with van der Waals surface area (Å²) >= 11 is 3.54. The maximum atomic E-state index is 11.6. The third kappa shape index (κ3) is 2.95. The van der Waals surface area contributed by atoms with Gasteiger partial charge in [0.05, 0.1) is 16.6 Å². The molecule has 2 aromatic heterocycles. The molecule has 0 radical (unpaired) electrons. The Balaban J connectivity index is 1.34. The molecule has 1 amide bonds. The van der Waals surface area contributed by atoms with Crippen molar-refractivity contribution in [3.63, 3.8) is 0 Å². The second-order valence-corrected chi connectivity index (χ2v) is 7.78. The van der Waals surface area contributed by atoms with Crippen LogP contribution in [0.2, 0.25) is 0 Å². The summed E-state index contributed by atoms with van der Waals surface area (Å²) in [5.74, 6) is 0.879. The molecule has 4 rings (SSSR count). The number of rotatable bonds is 6. The second-order valence-electron chi connectivity index (χ2n) is 6.98. The van der Waals surface area contributed by atoms with Gasteiger partial charge < -0.3 is 15.5 Å². The summed E-state index contributed by atoms with van der Waals surface area (Å²) < 4.78 is 6.18. The normalized spacial score (nSPS) is 24.8. The fourth-order valence-electron chi connectivity index (χ4n) is 4.38. The van der Waals surface area contributed by atoms with Gasteiger partial charge >= 0.3 is 0 Å². The number of furan rings is 1. The Morgan fingerprint density at radius 2 is 2.38 bits per heavy atom. The van der Waals surface area contributed by atoms with Gasteiger partial charge in [-0.15, -0.1) is 0 Å². The number of fused-ring (bicyclic) bond motifs is 3. The summed E-state index contributed by atoms with van der Waals surface area (Å²) in [4.78, 5) is 18.4. The maximum Gasteiger partial charge on any atom is 0.222 e. The van der Waals surface area contributed by atoms with Gasteiger partial charge in [-0.1, -0.05) is 0 Å². The van der Waals surface area contributed by atoms with E-state index in [1.807, 2.05) is 6.07 Å². The molecule has 0 saturated carbocycles. The third-order valence-corrected chi connectivity index (χ3v) is 6.36. The first-order valence-corrected chi connectivity index (χ1v) is 9.65. The monoisotopic (exact) mass is 417 g/mol. The van der Waals surface area contributed by atoms with E-state index in [2.05, 4.69) is 31.1 Å². The standard InChI is InChI=1S/C18H20BrN5O2/c19-16-13-7-11(8-20)26-15(13)9-23-18(16)22-4-1-5-24-10-2-3-14(24)12(6-10)17(21)25/h7,9-10,12,14H,1-6H2,(H2,21,25)(H,22,23). The van der Waals surface area contributed by atoms with Crippen LogP contribution < -0.4 is 11.1 Å². The molecule has 0 aliphatic carbocycles. The number of aromatic nitrogens is 1. The van der Waals surface area contributed by atoms with Gasteiger partial charge in [-0.05, 0) is 41.6 Å². The fraction of sp³-hybridized carbons (Fsp3) is 0.500. The van der Waals surface area contributed by atoms with Crippen molar-refractivity contribution in [3.8, 4) is 6.07 Å². The van der Waals surface area contributed by atoms with E-state index in [0.717, 1.165) is 48.0 Å². The molecule has 2 fully saturated rings. The molecular formula is C18H20BrN5O2. The highest BCUT2D eigenvalue weighted by Gasteiger charge is 2.47. The van der Waals surface area contributed by atoms with Gasteiger partial charge in [0.15, 0.2) is 5.58 Å². The van der Waals surface area contributed by atoms with Crippen LogP contribution in [0.3, 0.4) is 0 Å². The first kappa shape index (κ1) is 17.3. The number of nitrogens with one attached hydrogen (secondary N) is 1.